The first-order valence-corrected chi connectivity index (χ1v) is 18.6. The van der Waals surface area contributed by atoms with Crippen molar-refractivity contribution >= 4 is 62.6 Å². The van der Waals surface area contributed by atoms with Gasteiger partial charge in [-0.1, -0.05) is 71.7 Å². The molecule has 1 aliphatic rings. The van der Waals surface area contributed by atoms with Gasteiger partial charge in [-0.2, -0.15) is 5.26 Å². The third-order valence-electron chi connectivity index (χ3n) is 8.90. The summed E-state index contributed by atoms with van der Waals surface area (Å²) in [5.74, 6) is -2.19. The minimum Gasteiger partial charge on any atom is -0.478 e. The molecule has 4 aromatic carbocycles. The van der Waals surface area contributed by atoms with Crippen molar-refractivity contribution in [3.05, 3.63) is 123 Å². The second-order valence-electron chi connectivity index (χ2n) is 12.3. The number of carboxylic acids is 2. The van der Waals surface area contributed by atoms with E-state index in [1.54, 1.807) is 17.2 Å². The van der Waals surface area contributed by atoms with Crippen LogP contribution in [0.5, 0.6) is 0 Å². The summed E-state index contributed by atoms with van der Waals surface area (Å²) in [5.41, 5.74) is 3.25. The lowest BCUT2D eigenvalue weighted by molar-refractivity contribution is -0.134. The Bertz CT molecular complexity index is 1970. The van der Waals surface area contributed by atoms with Crippen molar-refractivity contribution in [2.24, 2.45) is 0 Å². The Hall–Kier alpha value is -4.53. The number of amides is 1. The average Bonchev–Trinajstić information content (AvgIpc) is 3.13. The molecule has 5 rings (SSSR count). The first kappa shape index (κ1) is 39.3. The molecule has 2 N–H and O–H groups in total. The lowest BCUT2D eigenvalue weighted by atomic mass is 9.88. The number of aliphatic carboxylic acids is 2. The van der Waals surface area contributed by atoms with E-state index in [4.69, 9.17) is 33.4 Å². The average molecular weight is 749 g/mol. The predicted octanol–water partition coefficient (Wildman–Crippen LogP) is 7.59. The highest BCUT2D eigenvalue weighted by Gasteiger charge is 2.26. The molecule has 0 radical (unpaired) electrons. The number of benzene rings is 4. The van der Waals surface area contributed by atoms with Crippen LogP contribution in [0.2, 0.25) is 10.0 Å². The quantitative estimate of drug-likeness (QED) is 0.150. The minimum absolute atomic E-state index is 0.0371. The summed E-state index contributed by atoms with van der Waals surface area (Å²) in [6, 6.07) is 27.2. The van der Waals surface area contributed by atoms with Crippen LogP contribution in [0.25, 0.3) is 10.8 Å². The number of likely N-dealkylation sites (tertiary alicyclic amines) is 1. The number of nitriles is 1. The zero-order valence-electron chi connectivity index (χ0n) is 28.3. The Kier molecular flexibility index (Phi) is 14.3. The number of fused-ring (bicyclic) bond motifs is 1. The number of piperidine rings is 1. The molecule has 0 aliphatic carbocycles. The van der Waals surface area contributed by atoms with Crippen molar-refractivity contribution in [2.45, 2.75) is 36.0 Å². The number of rotatable bonds is 11. The summed E-state index contributed by atoms with van der Waals surface area (Å²) < 4.78 is 12.3. The van der Waals surface area contributed by atoms with E-state index in [2.05, 4.69) is 17.0 Å². The molecule has 0 aromatic heterocycles. The molecule has 0 bridgehead atoms. The number of halogens is 2. The normalized spacial score (nSPS) is 14.6. The summed E-state index contributed by atoms with van der Waals surface area (Å²) in [5, 5.41) is 27.9. The Morgan fingerprint density at radius 1 is 0.961 bits per heavy atom. The van der Waals surface area contributed by atoms with Crippen LogP contribution in [0, 0.1) is 11.3 Å². The van der Waals surface area contributed by atoms with Crippen LogP contribution in [-0.2, 0) is 20.4 Å². The molecule has 9 nitrogen and oxygen atoms in total. The first-order valence-electron chi connectivity index (χ1n) is 16.3. The molecule has 51 heavy (non-hydrogen) atoms. The van der Waals surface area contributed by atoms with Gasteiger partial charge < -0.3 is 20.0 Å². The molecule has 1 heterocycles. The Labute approximate surface area is 310 Å². The van der Waals surface area contributed by atoms with Gasteiger partial charge in [0.1, 0.15) is 0 Å². The third-order valence-corrected chi connectivity index (χ3v) is 10.6. The molecule has 4 aromatic rings. The molecule has 0 unspecified atom stereocenters. The number of likely N-dealkylation sites (N-methyl/N-ethyl adjacent to an activating group) is 1. The topological polar surface area (TPSA) is 139 Å². The standard InChI is InChI=1S/C35H35Cl2N3O2S.C4H4O4/c1-39(35(41)31-20-24(22-38)19-27-7-3-4-8-29(27)31)23-28(26-11-12-32(36)33(37)21-26)15-18-40-16-13-25(14-17-40)30-9-5-6-10-34(30)43(2)42;5-3(6)1-2-4(7)8/h3-12,19-21,25,28H,13-18,23H2,1-2H3;1-2H,(H,5,6)(H,7,8)/b;2-1+/t28-,43-;/m1./s1. The number of hydrogen-bond acceptors (Lipinski definition) is 6. The number of hydrogen-bond donors (Lipinski definition) is 2. The maximum atomic E-state index is 13.8. The van der Waals surface area contributed by atoms with Crippen LogP contribution in [0.4, 0.5) is 0 Å². The summed E-state index contributed by atoms with van der Waals surface area (Å²) in [6.07, 6.45) is 5.75. The smallest absolute Gasteiger partial charge is 0.328 e. The molecular weight excluding hydrogens is 709 g/mol. The Morgan fingerprint density at radius 2 is 1.61 bits per heavy atom. The summed E-state index contributed by atoms with van der Waals surface area (Å²) >= 11 is 12.7. The van der Waals surface area contributed by atoms with Gasteiger partial charge in [0.2, 0.25) is 0 Å². The van der Waals surface area contributed by atoms with E-state index in [1.807, 2.05) is 73.8 Å². The monoisotopic (exact) mass is 747 g/mol. The first-order chi connectivity index (χ1) is 24.4. The van der Waals surface area contributed by atoms with E-state index in [9.17, 15) is 23.9 Å². The number of carbonyl (C=O) groups excluding carboxylic acids is 1. The second-order valence-corrected chi connectivity index (χ2v) is 14.5. The van der Waals surface area contributed by atoms with Crippen molar-refractivity contribution in [1.82, 2.24) is 9.80 Å². The van der Waals surface area contributed by atoms with E-state index in [0.29, 0.717) is 45.8 Å². The van der Waals surface area contributed by atoms with Gasteiger partial charge in [-0.05, 0) is 97.0 Å². The molecule has 12 heteroatoms. The van der Waals surface area contributed by atoms with Gasteiger partial charge in [-0.3, -0.25) is 9.00 Å². The summed E-state index contributed by atoms with van der Waals surface area (Å²) in [4.78, 5) is 38.1. The van der Waals surface area contributed by atoms with Crippen LogP contribution in [0.15, 0.2) is 95.9 Å². The molecule has 1 saturated heterocycles. The van der Waals surface area contributed by atoms with Gasteiger partial charge >= 0.3 is 11.9 Å². The van der Waals surface area contributed by atoms with E-state index in [0.717, 1.165) is 60.1 Å². The molecule has 1 aliphatic heterocycles. The lowest BCUT2D eigenvalue weighted by Crippen LogP contribution is -2.36. The molecule has 0 spiro atoms. The van der Waals surface area contributed by atoms with Crippen LogP contribution in [0.1, 0.15) is 58.1 Å². The zero-order valence-corrected chi connectivity index (χ0v) is 30.6. The fourth-order valence-corrected chi connectivity index (χ4v) is 7.47. The van der Waals surface area contributed by atoms with Gasteiger partial charge in [-0.15, -0.1) is 0 Å². The molecular formula is C39H39Cl2N3O6S. The number of carboxylic acid groups (broad SMARTS) is 2. The fourth-order valence-electron chi connectivity index (χ4n) is 6.33. The van der Waals surface area contributed by atoms with Gasteiger partial charge in [0.25, 0.3) is 5.91 Å². The van der Waals surface area contributed by atoms with E-state index in [1.165, 1.54) is 5.56 Å². The van der Waals surface area contributed by atoms with Crippen molar-refractivity contribution in [1.29, 1.82) is 5.26 Å². The van der Waals surface area contributed by atoms with E-state index < -0.39 is 22.7 Å². The van der Waals surface area contributed by atoms with Gasteiger partial charge in [0.05, 0.1) is 32.5 Å². The maximum Gasteiger partial charge on any atom is 0.328 e. The van der Waals surface area contributed by atoms with Crippen LogP contribution < -0.4 is 0 Å². The molecule has 1 fully saturated rings. The van der Waals surface area contributed by atoms with Gasteiger partial charge in [0.15, 0.2) is 0 Å². The SMILES string of the molecule is CN(C[C@@H](CCN1CCC(c2ccccc2[S@@](C)=O)CC1)c1ccc(Cl)c(Cl)c1)C(=O)c1cc(C#N)cc2ccccc12.O=C(O)/C=C/C(=O)O. The summed E-state index contributed by atoms with van der Waals surface area (Å²) in [6.45, 7) is 3.30. The third kappa shape index (κ3) is 11.0. The largest absolute Gasteiger partial charge is 0.478 e. The van der Waals surface area contributed by atoms with Crippen molar-refractivity contribution in [3.8, 4) is 6.07 Å². The highest BCUT2D eigenvalue weighted by atomic mass is 35.5. The van der Waals surface area contributed by atoms with Gasteiger partial charge in [-0.25, -0.2) is 9.59 Å². The number of nitrogens with zero attached hydrogens (tertiary/aromatic N) is 3. The highest BCUT2D eigenvalue weighted by Crippen LogP contribution is 2.33. The molecule has 0 saturated carbocycles. The van der Waals surface area contributed by atoms with Crippen molar-refractivity contribution in [3.63, 3.8) is 0 Å². The van der Waals surface area contributed by atoms with Crippen LogP contribution in [-0.4, -0.2) is 81.6 Å². The Balaban J connectivity index is 0.000000652. The van der Waals surface area contributed by atoms with Crippen LogP contribution >= 0.6 is 23.2 Å². The van der Waals surface area contributed by atoms with Gasteiger partial charge in [0, 0.05) is 48.4 Å². The van der Waals surface area contributed by atoms with E-state index in [-0.39, 0.29) is 11.8 Å². The minimum atomic E-state index is -1.26. The highest BCUT2D eigenvalue weighted by molar-refractivity contribution is 7.84. The van der Waals surface area contributed by atoms with Crippen molar-refractivity contribution in [2.75, 3.05) is 39.5 Å². The lowest BCUT2D eigenvalue weighted by Gasteiger charge is -2.34. The van der Waals surface area contributed by atoms with Crippen LogP contribution in [0.3, 0.4) is 0 Å². The molecule has 266 valence electrons. The molecule has 1 amide bonds. The predicted molar refractivity (Wildman–Crippen MR) is 201 cm³/mol. The fraction of sp³-hybridized carbons (Fsp3) is 0.282. The summed E-state index contributed by atoms with van der Waals surface area (Å²) in [7, 11) is 0.820. The van der Waals surface area contributed by atoms with Crippen molar-refractivity contribution < 1.29 is 28.8 Å². The zero-order chi connectivity index (χ0) is 37.1. The number of carbonyl (C=O) groups is 3. The molecule has 2 atom stereocenters. The maximum absolute atomic E-state index is 13.8. The van der Waals surface area contributed by atoms with E-state index >= 15 is 0 Å². The second kappa shape index (κ2) is 18.6. The Morgan fingerprint density at radius 3 is 2.24 bits per heavy atom.